The van der Waals surface area contributed by atoms with Crippen molar-refractivity contribution in [2.24, 2.45) is 11.5 Å². The molecule has 1 rings (SSSR count). The third-order valence-electron chi connectivity index (χ3n) is 4.30. The van der Waals surface area contributed by atoms with Crippen LogP contribution in [-0.4, -0.2) is 81.4 Å². The standard InChI is InChI=1S/C18H29N7O6S/c1-32-5-4-13(24-16(29)11(19)6-10-7-21-9-23-10)18(31)25-12(2-3-14(20)26)17(30)22-8-15(27)28/h7,9,11-13H,2-6,8,19H2,1H3,(H2,20,26)(H,21,23)(H,22,30)(H,24,29)(H,25,31)(H,27,28). The molecule has 0 bridgehead atoms. The maximum absolute atomic E-state index is 12.8. The Balaban J connectivity index is 2.83. The van der Waals surface area contributed by atoms with E-state index in [0.29, 0.717) is 11.4 Å². The van der Waals surface area contributed by atoms with Gasteiger partial charge in [-0.1, -0.05) is 0 Å². The van der Waals surface area contributed by atoms with Crippen molar-refractivity contribution in [2.75, 3.05) is 18.6 Å². The Labute approximate surface area is 188 Å². The first kappa shape index (κ1) is 26.9. The summed E-state index contributed by atoms with van der Waals surface area (Å²) in [5.74, 6) is -3.44. The molecule has 0 aliphatic carbocycles. The van der Waals surface area contributed by atoms with Crippen molar-refractivity contribution in [2.45, 2.75) is 43.8 Å². The number of rotatable bonds is 15. The summed E-state index contributed by atoms with van der Waals surface area (Å²) in [7, 11) is 0. The lowest BCUT2D eigenvalue weighted by atomic mass is 10.1. The smallest absolute Gasteiger partial charge is 0.322 e. The van der Waals surface area contributed by atoms with E-state index in [2.05, 4.69) is 25.9 Å². The number of primary amides is 1. The van der Waals surface area contributed by atoms with Gasteiger partial charge < -0.3 is 37.5 Å². The molecule has 13 nitrogen and oxygen atoms in total. The highest BCUT2D eigenvalue weighted by atomic mass is 32.2. The number of aliphatic carboxylic acids is 1. The van der Waals surface area contributed by atoms with Crippen LogP contribution < -0.4 is 27.4 Å². The Morgan fingerprint density at radius 1 is 1.12 bits per heavy atom. The number of carbonyl (C=O) groups is 5. The molecule has 4 amide bonds. The summed E-state index contributed by atoms with van der Waals surface area (Å²) in [5.41, 5.74) is 11.7. The molecular formula is C18H29N7O6S. The minimum atomic E-state index is -1.27. The van der Waals surface area contributed by atoms with Crippen molar-refractivity contribution in [1.29, 1.82) is 0 Å². The van der Waals surface area contributed by atoms with Gasteiger partial charge in [-0.15, -0.1) is 0 Å². The summed E-state index contributed by atoms with van der Waals surface area (Å²) in [6, 6.07) is -3.14. The molecule has 0 aliphatic heterocycles. The molecule has 3 unspecified atom stereocenters. The molecule has 178 valence electrons. The van der Waals surface area contributed by atoms with Gasteiger partial charge in [0, 0.05) is 24.7 Å². The second-order valence-electron chi connectivity index (χ2n) is 6.91. The maximum atomic E-state index is 12.8. The molecule has 0 spiro atoms. The first-order valence-electron chi connectivity index (χ1n) is 9.74. The van der Waals surface area contributed by atoms with Gasteiger partial charge in [-0.05, 0) is 24.9 Å². The van der Waals surface area contributed by atoms with E-state index >= 15 is 0 Å². The molecule has 0 radical (unpaired) electrons. The minimum Gasteiger partial charge on any atom is -0.480 e. The lowest BCUT2D eigenvalue weighted by molar-refractivity contribution is -0.138. The third-order valence-corrected chi connectivity index (χ3v) is 4.95. The summed E-state index contributed by atoms with van der Waals surface area (Å²) in [6.45, 7) is -0.656. The molecule has 0 aromatic carbocycles. The van der Waals surface area contributed by atoms with Gasteiger partial charge in [0.2, 0.25) is 23.6 Å². The number of imidazole rings is 1. The molecule has 1 aromatic rings. The number of nitrogens with one attached hydrogen (secondary N) is 4. The number of carboxylic acids is 1. The van der Waals surface area contributed by atoms with Crippen molar-refractivity contribution >= 4 is 41.4 Å². The minimum absolute atomic E-state index is 0.130. The fraction of sp³-hybridized carbons (Fsp3) is 0.556. The second-order valence-corrected chi connectivity index (χ2v) is 7.89. The molecule has 0 fully saturated rings. The number of aromatic amines is 1. The van der Waals surface area contributed by atoms with Gasteiger partial charge in [0.1, 0.15) is 18.6 Å². The van der Waals surface area contributed by atoms with Gasteiger partial charge in [0.05, 0.1) is 12.4 Å². The van der Waals surface area contributed by atoms with Crippen LogP contribution in [-0.2, 0) is 30.4 Å². The summed E-state index contributed by atoms with van der Waals surface area (Å²) in [4.78, 5) is 66.1. The molecule has 1 aromatic heterocycles. The van der Waals surface area contributed by atoms with Gasteiger partial charge in [0.15, 0.2) is 0 Å². The molecule has 0 aliphatic rings. The summed E-state index contributed by atoms with van der Waals surface area (Å²) in [5, 5.41) is 15.9. The van der Waals surface area contributed by atoms with Crippen LogP contribution >= 0.6 is 11.8 Å². The number of hydrogen-bond acceptors (Lipinski definition) is 8. The van der Waals surface area contributed by atoms with Crippen LogP contribution in [0.1, 0.15) is 25.0 Å². The van der Waals surface area contributed by atoms with Crippen LogP contribution in [0.3, 0.4) is 0 Å². The SMILES string of the molecule is CSCCC(NC(=O)C(N)Cc1cnc[nH]1)C(=O)NC(CCC(N)=O)C(=O)NCC(=O)O. The number of thioether (sulfide) groups is 1. The number of aromatic nitrogens is 2. The van der Waals surface area contributed by atoms with E-state index in [9.17, 15) is 24.0 Å². The van der Waals surface area contributed by atoms with E-state index in [4.69, 9.17) is 16.6 Å². The molecule has 3 atom stereocenters. The van der Waals surface area contributed by atoms with E-state index in [1.807, 2.05) is 6.26 Å². The summed E-state index contributed by atoms with van der Waals surface area (Å²) in [6.07, 6.45) is 4.92. The summed E-state index contributed by atoms with van der Waals surface area (Å²) < 4.78 is 0. The Kier molecular flexibility index (Phi) is 11.8. The molecule has 9 N–H and O–H groups in total. The topological polar surface area (TPSA) is 222 Å². The lowest BCUT2D eigenvalue weighted by Crippen LogP contribution is -2.56. The van der Waals surface area contributed by atoms with E-state index in [-0.39, 0.29) is 25.7 Å². The number of carbonyl (C=O) groups excluding carboxylic acids is 4. The zero-order valence-electron chi connectivity index (χ0n) is 17.6. The molecule has 1 heterocycles. The summed E-state index contributed by atoms with van der Waals surface area (Å²) >= 11 is 1.46. The fourth-order valence-corrected chi connectivity index (χ4v) is 3.09. The first-order chi connectivity index (χ1) is 15.1. The van der Waals surface area contributed by atoms with Crippen molar-refractivity contribution in [1.82, 2.24) is 25.9 Å². The molecule has 14 heteroatoms. The van der Waals surface area contributed by atoms with Crippen molar-refractivity contribution in [3.8, 4) is 0 Å². The monoisotopic (exact) mass is 471 g/mol. The van der Waals surface area contributed by atoms with Gasteiger partial charge in [-0.2, -0.15) is 11.8 Å². The zero-order valence-corrected chi connectivity index (χ0v) is 18.4. The van der Waals surface area contributed by atoms with Gasteiger partial charge in [-0.25, -0.2) is 4.98 Å². The van der Waals surface area contributed by atoms with Crippen LogP contribution in [0.5, 0.6) is 0 Å². The Morgan fingerprint density at radius 3 is 2.34 bits per heavy atom. The molecule has 0 saturated carbocycles. The maximum Gasteiger partial charge on any atom is 0.322 e. The van der Waals surface area contributed by atoms with Gasteiger partial charge in [0.25, 0.3) is 0 Å². The predicted octanol–water partition coefficient (Wildman–Crippen LogP) is -2.53. The molecular weight excluding hydrogens is 442 g/mol. The molecule has 0 saturated heterocycles. The van der Waals surface area contributed by atoms with Crippen molar-refractivity contribution in [3.63, 3.8) is 0 Å². The lowest BCUT2D eigenvalue weighted by Gasteiger charge is -2.24. The largest absolute Gasteiger partial charge is 0.480 e. The van der Waals surface area contributed by atoms with Crippen LogP contribution in [0.15, 0.2) is 12.5 Å². The van der Waals surface area contributed by atoms with E-state index in [0.717, 1.165) is 0 Å². The van der Waals surface area contributed by atoms with E-state index in [1.165, 1.54) is 24.3 Å². The van der Waals surface area contributed by atoms with E-state index in [1.54, 1.807) is 0 Å². The second kappa shape index (κ2) is 14.0. The van der Waals surface area contributed by atoms with Gasteiger partial charge >= 0.3 is 5.97 Å². The van der Waals surface area contributed by atoms with Crippen molar-refractivity contribution < 1.29 is 29.1 Å². The van der Waals surface area contributed by atoms with Crippen LogP contribution in [0, 0.1) is 0 Å². The third kappa shape index (κ3) is 10.3. The Hall–Kier alpha value is -3.13. The number of nitrogens with zero attached hydrogens (tertiary/aromatic N) is 1. The normalized spacial score (nSPS) is 13.4. The fourth-order valence-electron chi connectivity index (χ4n) is 2.62. The quantitative estimate of drug-likeness (QED) is 0.143. The van der Waals surface area contributed by atoms with Crippen LogP contribution in [0.25, 0.3) is 0 Å². The highest BCUT2D eigenvalue weighted by Gasteiger charge is 2.28. The van der Waals surface area contributed by atoms with E-state index < -0.39 is 54.3 Å². The average Bonchev–Trinajstić information content (AvgIpc) is 3.24. The zero-order chi connectivity index (χ0) is 24.1. The number of carboxylic acid groups (broad SMARTS) is 1. The van der Waals surface area contributed by atoms with Gasteiger partial charge in [-0.3, -0.25) is 24.0 Å². The number of nitrogens with two attached hydrogens (primary N) is 2. The van der Waals surface area contributed by atoms with Crippen molar-refractivity contribution in [3.05, 3.63) is 18.2 Å². The highest BCUT2D eigenvalue weighted by Crippen LogP contribution is 2.05. The Morgan fingerprint density at radius 2 is 1.78 bits per heavy atom. The average molecular weight is 472 g/mol. The number of amides is 4. The van der Waals surface area contributed by atoms with Crippen LogP contribution in [0.4, 0.5) is 0 Å². The first-order valence-corrected chi connectivity index (χ1v) is 11.1. The molecule has 32 heavy (non-hydrogen) atoms. The predicted molar refractivity (Wildman–Crippen MR) is 116 cm³/mol. The number of H-pyrrole nitrogens is 1. The van der Waals surface area contributed by atoms with Crippen LogP contribution in [0.2, 0.25) is 0 Å². The Bertz CT molecular complexity index is 789. The highest BCUT2D eigenvalue weighted by molar-refractivity contribution is 7.98. The number of hydrogen-bond donors (Lipinski definition) is 7.